The van der Waals surface area contributed by atoms with Crippen LogP contribution in [0, 0.1) is 5.41 Å². The minimum Gasteiger partial charge on any atom is -0.386 e. The van der Waals surface area contributed by atoms with Gasteiger partial charge in [-0.3, -0.25) is 5.41 Å². The third-order valence-corrected chi connectivity index (χ3v) is 3.34. The van der Waals surface area contributed by atoms with Crippen molar-refractivity contribution in [2.75, 3.05) is 7.05 Å². The maximum Gasteiger partial charge on any atom is 0.144 e. The monoisotopic (exact) mass is 279 g/mol. The highest BCUT2D eigenvalue weighted by atomic mass is 15.2. The molecular formula is C18H21N3. The molecule has 2 aromatic carbocycles. The van der Waals surface area contributed by atoms with Gasteiger partial charge in [0.1, 0.15) is 5.84 Å². The minimum atomic E-state index is 0.421. The molecule has 0 amide bonds. The summed E-state index contributed by atoms with van der Waals surface area (Å²) < 4.78 is 0. The van der Waals surface area contributed by atoms with Crippen LogP contribution in [0.4, 0.5) is 0 Å². The van der Waals surface area contributed by atoms with Crippen molar-refractivity contribution in [3.05, 3.63) is 84.1 Å². The van der Waals surface area contributed by atoms with Crippen LogP contribution in [-0.2, 0) is 13.1 Å². The molecule has 0 bridgehead atoms. The predicted octanol–water partition coefficient (Wildman–Crippen LogP) is 3.40. The first kappa shape index (κ1) is 14.9. The topological polar surface area (TPSA) is 39.1 Å². The number of rotatable bonds is 6. The third-order valence-electron chi connectivity index (χ3n) is 3.34. The first-order valence-electron chi connectivity index (χ1n) is 6.99. The Balaban J connectivity index is 2.18. The number of nitrogens with one attached hydrogen (secondary N) is 2. The molecule has 0 atom stereocenters. The summed E-state index contributed by atoms with van der Waals surface area (Å²) in [5, 5.41) is 11.3. The zero-order chi connectivity index (χ0) is 15.1. The highest BCUT2D eigenvalue weighted by molar-refractivity contribution is 5.94. The summed E-state index contributed by atoms with van der Waals surface area (Å²) in [4.78, 5) is 2.02. The van der Waals surface area contributed by atoms with Gasteiger partial charge in [0.05, 0.1) is 5.70 Å². The first-order chi connectivity index (χ1) is 10.2. The molecule has 3 heteroatoms. The van der Waals surface area contributed by atoms with Crippen molar-refractivity contribution in [2.45, 2.75) is 13.1 Å². The summed E-state index contributed by atoms with van der Waals surface area (Å²) >= 11 is 0. The Hall–Kier alpha value is -2.55. The summed E-state index contributed by atoms with van der Waals surface area (Å²) in [6.07, 6.45) is 0. The van der Waals surface area contributed by atoms with Gasteiger partial charge in [-0.05, 0) is 11.1 Å². The van der Waals surface area contributed by atoms with E-state index in [1.165, 1.54) is 11.1 Å². The number of amidine groups is 1. The molecule has 3 nitrogen and oxygen atoms in total. The van der Waals surface area contributed by atoms with Gasteiger partial charge >= 0.3 is 0 Å². The molecule has 0 heterocycles. The van der Waals surface area contributed by atoms with Crippen molar-refractivity contribution in [2.24, 2.45) is 0 Å². The summed E-state index contributed by atoms with van der Waals surface area (Å²) in [6, 6.07) is 20.4. The molecule has 21 heavy (non-hydrogen) atoms. The van der Waals surface area contributed by atoms with E-state index in [4.69, 9.17) is 5.41 Å². The highest BCUT2D eigenvalue weighted by Gasteiger charge is 2.13. The van der Waals surface area contributed by atoms with E-state index in [0.29, 0.717) is 24.6 Å². The molecule has 0 spiro atoms. The maximum atomic E-state index is 8.31. The molecule has 0 aliphatic rings. The highest BCUT2D eigenvalue weighted by Crippen LogP contribution is 2.12. The Labute approximate surface area is 126 Å². The zero-order valence-electron chi connectivity index (χ0n) is 12.3. The lowest BCUT2D eigenvalue weighted by Crippen LogP contribution is -2.33. The van der Waals surface area contributed by atoms with Crippen molar-refractivity contribution in [1.82, 2.24) is 10.2 Å². The Bertz CT molecular complexity index is 549. The van der Waals surface area contributed by atoms with E-state index in [1.807, 2.05) is 41.3 Å². The molecule has 108 valence electrons. The summed E-state index contributed by atoms with van der Waals surface area (Å²) in [7, 11) is 1.79. The van der Waals surface area contributed by atoms with Crippen LogP contribution >= 0.6 is 0 Å². The number of benzene rings is 2. The van der Waals surface area contributed by atoms with Gasteiger partial charge in [0.2, 0.25) is 0 Å². The average Bonchev–Trinajstić information content (AvgIpc) is 2.54. The molecule has 0 saturated heterocycles. The molecule has 0 radical (unpaired) electrons. The van der Waals surface area contributed by atoms with Gasteiger partial charge in [0, 0.05) is 20.1 Å². The van der Waals surface area contributed by atoms with Crippen LogP contribution in [0.3, 0.4) is 0 Å². The molecule has 0 unspecified atom stereocenters. The van der Waals surface area contributed by atoms with Crippen LogP contribution in [-0.4, -0.2) is 17.8 Å². The van der Waals surface area contributed by atoms with E-state index in [2.05, 4.69) is 36.2 Å². The molecule has 0 aromatic heterocycles. The van der Waals surface area contributed by atoms with Crippen LogP contribution in [0.2, 0.25) is 0 Å². The van der Waals surface area contributed by atoms with Gasteiger partial charge in [0.25, 0.3) is 0 Å². The number of nitrogens with zero attached hydrogens (tertiary/aromatic N) is 1. The number of hydrogen-bond donors (Lipinski definition) is 2. The van der Waals surface area contributed by atoms with Gasteiger partial charge in [-0.25, -0.2) is 0 Å². The Morgan fingerprint density at radius 3 is 1.76 bits per heavy atom. The molecule has 0 aliphatic heterocycles. The standard InChI is InChI=1S/C18H21N3/c1-15(20-2)18(19)21(13-16-9-5-3-6-10-16)14-17-11-7-4-8-12-17/h3-12,19-20H,1,13-14H2,2H3. The zero-order valence-corrected chi connectivity index (χ0v) is 12.3. The van der Waals surface area contributed by atoms with E-state index in [1.54, 1.807) is 7.05 Å². The van der Waals surface area contributed by atoms with Crippen molar-refractivity contribution in [1.29, 1.82) is 5.41 Å². The molecule has 2 aromatic rings. The van der Waals surface area contributed by atoms with Crippen molar-refractivity contribution in [3.63, 3.8) is 0 Å². The lowest BCUT2D eigenvalue weighted by molar-refractivity contribution is 0.402. The van der Waals surface area contributed by atoms with Gasteiger partial charge < -0.3 is 10.2 Å². The van der Waals surface area contributed by atoms with Crippen LogP contribution in [0.5, 0.6) is 0 Å². The van der Waals surface area contributed by atoms with Crippen molar-refractivity contribution in [3.8, 4) is 0 Å². The lowest BCUT2D eigenvalue weighted by Gasteiger charge is -2.26. The van der Waals surface area contributed by atoms with Crippen LogP contribution < -0.4 is 5.32 Å². The molecule has 0 saturated carbocycles. The van der Waals surface area contributed by atoms with Crippen molar-refractivity contribution >= 4 is 5.84 Å². The first-order valence-corrected chi connectivity index (χ1v) is 6.99. The van der Waals surface area contributed by atoms with Crippen LogP contribution in [0.15, 0.2) is 72.9 Å². The van der Waals surface area contributed by atoms with E-state index >= 15 is 0 Å². The molecule has 0 fully saturated rings. The van der Waals surface area contributed by atoms with Gasteiger partial charge in [-0.1, -0.05) is 67.2 Å². The number of likely N-dealkylation sites (N-methyl/N-ethyl adjacent to an activating group) is 1. The largest absolute Gasteiger partial charge is 0.386 e. The fraction of sp³-hybridized carbons (Fsp3) is 0.167. The Kier molecular flexibility index (Phi) is 5.16. The van der Waals surface area contributed by atoms with Gasteiger partial charge in [0.15, 0.2) is 0 Å². The second kappa shape index (κ2) is 7.29. The fourth-order valence-electron chi connectivity index (χ4n) is 2.13. The second-order valence-corrected chi connectivity index (χ2v) is 4.90. The normalized spacial score (nSPS) is 9.95. The predicted molar refractivity (Wildman–Crippen MR) is 88.1 cm³/mol. The van der Waals surface area contributed by atoms with Crippen LogP contribution in [0.25, 0.3) is 0 Å². The lowest BCUT2D eigenvalue weighted by atomic mass is 10.1. The van der Waals surface area contributed by atoms with Gasteiger partial charge in [-0.2, -0.15) is 0 Å². The smallest absolute Gasteiger partial charge is 0.144 e. The summed E-state index contributed by atoms with van der Waals surface area (Å²) in [6.45, 7) is 5.28. The van der Waals surface area contributed by atoms with Crippen LogP contribution in [0.1, 0.15) is 11.1 Å². The van der Waals surface area contributed by atoms with E-state index < -0.39 is 0 Å². The average molecular weight is 279 g/mol. The fourth-order valence-corrected chi connectivity index (χ4v) is 2.13. The summed E-state index contributed by atoms with van der Waals surface area (Å²) in [5.74, 6) is 0.421. The maximum absolute atomic E-state index is 8.31. The second-order valence-electron chi connectivity index (χ2n) is 4.90. The Morgan fingerprint density at radius 2 is 1.38 bits per heavy atom. The summed E-state index contributed by atoms with van der Waals surface area (Å²) in [5.41, 5.74) is 2.99. The van der Waals surface area contributed by atoms with E-state index in [-0.39, 0.29) is 0 Å². The van der Waals surface area contributed by atoms with Crippen molar-refractivity contribution < 1.29 is 0 Å². The SMILES string of the molecule is C=C(NC)C(=N)N(Cc1ccccc1)Cc1ccccc1. The molecular weight excluding hydrogens is 258 g/mol. The minimum absolute atomic E-state index is 0.421. The molecule has 2 N–H and O–H groups in total. The van der Waals surface area contributed by atoms with E-state index in [9.17, 15) is 0 Å². The third kappa shape index (κ3) is 4.21. The van der Waals surface area contributed by atoms with E-state index in [0.717, 1.165) is 0 Å². The number of hydrogen-bond acceptors (Lipinski definition) is 2. The molecule has 2 rings (SSSR count). The Morgan fingerprint density at radius 1 is 0.952 bits per heavy atom. The quantitative estimate of drug-likeness (QED) is 0.628. The molecule has 0 aliphatic carbocycles. The van der Waals surface area contributed by atoms with Gasteiger partial charge in [-0.15, -0.1) is 0 Å².